The van der Waals surface area contributed by atoms with E-state index < -0.39 is 15.8 Å². The van der Waals surface area contributed by atoms with Gasteiger partial charge in [0.25, 0.3) is 10.0 Å². The summed E-state index contributed by atoms with van der Waals surface area (Å²) in [5.74, 6) is 0.123. The van der Waals surface area contributed by atoms with Crippen LogP contribution in [0.5, 0.6) is 5.75 Å². The van der Waals surface area contributed by atoms with Gasteiger partial charge in [-0.05, 0) is 42.8 Å². The van der Waals surface area contributed by atoms with Crippen LogP contribution in [0.25, 0.3) is 11.3 Å². The summed E-state index contributed by atoms with van der Waals surface area (Å²) in [5.41, 5.74) is 1.18. The van der Waals surface area contributed by atoms with Crippen molar-refractivity contribution in [3.8, 4) is 17.1 Å². The second-order valence-electron chi connectivity index (χ2n) is 5.31. The maximum Gasteiger partial charge on any atom is 0.265 e. The number of nitrogens with zero attached hydrogens (tertiary/aromatic N) is 1. The SMILES string of the molecule is COc1cc(-c2ccno2)ccc1S(=O)(=O)Nc1ccc(C)c(F)c1. The van der Waals surface area contributed by atoms with Gasteiger partial charge in [-0.1, -0.05) is 11.2 Å². The molecule has 0 aliphatic heterocycles. The number of halogens is 1. The van der Waals surface area contributed by atoms with Crippen LogP contribution in [0.4, 0.5) is 10.1 Å². The van der Waals surface area contributed by atoms with Gasteiger partial charge in [0.15, 0.2) is 5.76 Å². The van der Waals surface area contributed by atoms with Gasteiger partial charge in [0.1, 0.15) is 16.5 Å². The Balaban J connectivity index is 1.97. The minimum absolute atomic E-state index is 0.0701. The number of methoxy groups -OCH3 is 1. The van der Waals surface area contributed by atoms with Crippen LogP contribution in [0, 0.1) is 12.7 Å². The fourth-order valence-electron chi connectivity index (χ4n) is 2.27. The van der Waals surface area contributed by atoms with Crippen molar-refractivity contribution in [1.82, 2.24) is 5.16 Å². The van der Waals surface area contributed by atoms with E-state index in [1.165, 1.54) is 37.6 Å². The summed E-state index contributed by atoms with van der Waals surface area (Å²) in [6.45, 7) is 1.60. The molecular weight excluding hydrogens is 347 g/mol. The number of ether oxygens (including phenoxy) is 1. The molecular formula is C17H15FN2O4S. The van der Waals surface area contributed by atoms with Gasteiger partial charge in [-0.15, -0.1) is 0 Å². The predicted molar refractivity (Wildman–Crippen MR) is 90.4 cm³/mol. The molecule has 130 valence electrons. The highest BCUT2D eigenvalue weighted by atomic mass is 32.2. The number of anilines is 1. The third kappa shape index (κ3) is 3.48. The lowest BCUT2D eigenvalue weighted by Crippen LogP contribution is -2.14. The van der Waals surface area contributed by atoms with Crippen molar-refractivity contribution in [1.29, 1.82) is 0 Å². The van der Waals surface area contributed by atoms with Gasteiger partial charge in [0.2, 0.25) is 0 Å². The lowest BCUT2D eigenvalue weighted by molar-refractivity contribution is 0.402. The fourth-order valence-corrected chi connectivity index (χ4v) is 3.48. The van der Waals surface area contributed by atoms with Crippen molar-refractivity contribution in [2.45, 2.75) is 11.8 Å². The molecule has 6 nitrogen and oxygen atoms in total. The molecule has 0 unspecified atom stereocenters. The van der Waals surface area contributed by atoms with Gasteiger partial charge in [0, 0.05) is 11.6 Å². The van der Waals surface area contributed by atoms with E-state index in [0.29, 0.717) is 16.9 Å². The monoisotopic (exact) mass is 362 g/mol. The largest absolute Gasteiger partial charge is 0.495 e. The van der Waals surface area contributed by atoms with E-state index in [4.69, 9.17) is 9.26 Å². The number of aromatic nitrogens is 1. The number of sulfonamides is 1. The zero-order valence-corrected chi connectivity index (χ0v) is 14.3. The van der Waals surface area contributed by atoms with E-state index in [-0.39, 0.29) is 16.3 Å². The molecule has 1 heterocycles. The van der Waals surface area contributed by atoms with Gasteiger partial charge in [-0.25, -0.2) is 12.8 Å². The maximum atomic E-state index is 13.6. The Morgan fingerprint density at radius 1 is 1.16 bits per heavy atom. The summed E-state index contributed by atoms with van der Waals surface area (Å²) in [6.07, 6.45) is 1.49. The summed E-state index contributed by atoms with van der Waals surface area (Å²) in [4.78, 5) is -0.0701. The molecule has 0 radical (unpaired) electrons. The minimum atomic E-state index is -3.96. The summed E-state index contributed by atoms with van der Waals surface area (Å²) in [6, 6.07) is 10.3. The zero-order chi connectivity index (χ0) is 18.0. The number of nitrogens with one attached hydrogen (secondary N) is 1. The molecule has 0 aliphatic rings. The van der Waals surface area contributed by atoms with E-state index in [1.54, 1.807) is 19.1 Å². The highest BCUT2D eigenvalue weighted by Gasteiger charge is 2.21. The molecule has 0 spiro atoms. The first-order valence-corrected chi connectivity index (χ1v) is 8.77. The molecule has 2 aromatic carbocycles. The van der Waals surface area contributed by atoms with Crippen LogP contribution in [0.1, 0.15) is 5.56 Å². The average molecular weight is 362 g/mol. The Kier molecular flexibility index (Phi) is 4.45. The number of hydrogen-bond donors (Lipinski definition) is 1. The van der Waals surface area contributed by atoms with Crippen LogP contribution in [-0.2, 0) is 10.0 Å². The lowest BCUT2D eigenvalue weighted by atomic mass is 10.1. The first-order valence-electron chi connectivity index (χ1n) is 7.29. The van der Waals surface area contributed by atoms with Crippen LogP contribution in [0.2, 0.25) is 0 Å². The number of rotatable bonds is 5. The average Bonchev–Trinajstić information content (AvgIpc) is 3.12. The first-order chi connectivity index (χ1) is 11.9. The Labute approximate surface area is 144 Å². The summed E-state index contributed by atoms with van der Waals surface area (Å²) in [5, 5.41) is 3.61. The van der Waals surface area contributed by atoms with Crippen molar-refractivity contribution in [3.63, 3.8) is 0 Å². The normalized spacial score (nSPS) is 11.3. The minimum Gasteiger partial charge on any atom is -0.495 e. The molecule has 0 aliphatic carbocycles. The maximum absolute atomic E-state index is 13.6. The number of hydrogen-bond acceptors (Lipinski definition) is 5. The van der Waals surface area contributed by atoms with E-state index in [0.717, 1.165) is 6.07 Å². The standard InChI is InChI=1S/C17H15FN2O4S/c1-11-3-5-13(10-14(11)18)20-25(21,22)17-6-4-12(9-16(17)23-2)15-7-8-19-24-15/h3-10,20H,1-2H3. The summed E-state index contributed by atoms with van der Waals surface area (Å²) >= 11 is 0. The van der Waals surface area contributed by atoms with E-state index in [2.05, 4.69) is 9.88 Å². The number of benzene rings is 2. The third-order valence-electron chi connectivity index (χ3n) is 3.60. The third-order valence-corrected chi connectivity index (χ3v) is 5.02. The first kappa shape index (κ1) is 17.0. The van der Waals surface area contributed by atoms with Crippen molar-refractivity contribution in [2.24, 2.45) is 0 Å². The molecule has 3 rings (SSSR count). The fraction of sp³-hybridized carbons (Fsp3) is 0.118. The Bertz CT molecular complexity index is 1000. The molecule has 0 bridgehead atoms. The molecule has 3 aromatic rings. The highest BCUT2D eigenvalue weighted by Crippen LogP contribution is 2.31. The summed E-state index contributed by atoms with van der Waals surface area (Å²) in [7, 11) is -2.59. The number of aryl methyl sites for hydroxylation is 1. The second-order valence-corrected chi connectivity index (χ2v) is 6.96. The Morgan fingerprint density at radius 2 is 1.96 bits per heavy atom. The predicted octanol–water partition coefficient (Wildman–Crippen LogP) is 3.60. The molecule has 25 heavy (non-hydrogen) atoms. The van der Waals surface area contributed by atoms with Gasteiger partial charge < -0.3 is 9.26 Å². The second kappa shape index (κ2) is 6.56. The van der Waals surface area contributed by atoms with Crippen LogP contribution in [0.3, 0.4) is 0 Å². The van der Waals surface area contributed by atoms with Crippen LogP contribution < -0.4 is 9.46 Å². The van der Waals surface area contributed by atoms with Crippen molar-refractivity contribution < 1.29 is 22.1 Å². The summed E-state index contributed by atoms with van der Waals surface area (Å²) < 4.78 is 51.5. The van der Waals surface area contributed by atoms with Gasteiger partial charge in [-0.2, -0.15) is 0 Å². The Hall–Kier alpha value is -2.87. The van der Waals surface area contributed by atoms with E-state index in [1.807, 2.05) is 0 Å². The van der Waals surface area contributed by atoms with E-state index in [9.17, 15) is 12.8 Å². The molecule has 0 amide bonds. The lowest BCUT2D eigenvalue weighted by Gasteiger charge is -2.13. The van der Waals surface area contributed by atoms with Crippen LogP contribution >= 0.6 is 0 Å². The van der Waals surface area contributed by atoms with Crippen molar-refractivity contribution in [2.75, 3.05) is 11.8 Å². The molecule has 1 aromatic heterocycles. The molecule has 0 fully saturated rings. The van der Waals surface area contributed by atoms with Gasteiger partial charge in [0.05, 0.1) is 19.0 Å². The molecule has 0 saturated carbocycles. The van der Waals surface area contributed by atoms with Crippen molar-refractivity contribution >= 4 is 15.7 Å². The van der Waals surface area contributed by atoms with Gasteiger partial charge >= 0.3 is 0 Å². The van der Waals surface area contributed by atoms with Gasteiger partial charge in [-0.3, -0.25) is 4.72 Å². The van der Waals surface area contributed by atoms with Crippen molar-refractivity contribution in [3.05, 3.63) is 60.0 Å². The molecule has 8 heteroatoms. The highest BCUT2D eigenvalue weighted by molar-refractivity contribution is 7.92. The van der Waals surface area contributed by atoms with Crippen LogP contribution in [-0.4, -0.2) is 20.7 Å². The Morgan fingerprint density at radius 3 is 2.60 bits per heavy atom. The molecule has 0 atom stereocenters. The zero-order valence-electron chi connectivity index (χ0n) is 13.5. The smallest absolute Gasteiger partial charge is 0.265 e. The van der Waals surface area contributed by atoms with E-state index >= 15 is 0 Å². The molecule has 0 saturated heterocycles. The quantitative estimate of drug-likeness (QED) is 0.750. The van der Waals surface area contributed by atoms with Crippen LogP contribution in [0.15, 0.2) is 58.1 Å². The topological polar surface area (TPSA) is 81.4 Å². The molecule has 1 N–H and O–H groups in total.